The Morgan fingerprint density at radius 2 is 2.00 bits per heavy atom. The number of piperidine rings is 1. The minimum absolute atomic E-state index is 0.211. The second-order valence-corrected chi connectivity index (χ2v) is 12.2. The van der Waals surface area contributed by atoms with E-state index in [4.69, 9.17) is 21.3 Å². The third kappa shape index (κ3) is 4.74. The van der Waals surface area contributed by atoms with E-state index in [0.717, 1.165) is 66.4 Å². The number of ether oxygens (including phenoxy) is 1. The molecule has 6 heterocycles. The molecule has 0 radical (unpaired) electrons. The highest BCUT2D eigenvalue weighted by atomic mass is 35.5. The number of halogens is 1. The highest BCUT2D eigenvalue weighted by molar-refractivity contribution is 7.99. The monoisotopic (exact) mass is 573 g/mol. The van der Waals surface area contributed by atoms with Gasteiger partial charge in [-0.1, -0.05) is 23.4 Å². The van der Waals surface area contributed by atoms with Gasteiger partial charge in [-0.3, -0.25) is 9.36 Å². The van der Waals surface area contributed by atoms with Gasteiger partial charge >= 0.3 is 0 Å². The maximum atomic E-state index is 13.5. The second kappa shape index (κ2) is 10.2. The SMILES string of the molecule is C[C@H]1CC2(CCN(c3cnc(Sc4ccc5ncn(Cc6ccc7cc[nH]c7n6)c(=O)c5c4Cl)cn3)CC2)CO1. The molecule has 5 aromatic rings. The molecule has 1 aromatic carbocycles. The van der Waals surface area contributed by atoms with Gasteiger partial charge in [0.25, 0.3) is 5.56 Å². The molecule has 2 saturated heterocycles. The highest BCUT2D eigenvalue weighted by Crippen LogP contribution is 2.42. The predicted molar refractivity (Wildman–Crippen MR) is 156 cm³/mol. The van der Waals surface area contributed by atoms with Gasteiger partial charge in [0.05, 0.1) is 59.6 Å². The summed E-state index contributed by atoms with van der Waals surface area (Å²) in [7, 11) is 0. The van der Waals surface area contributed by atoms with Crippen molar-refractivity contribution in [3.05, 3.63) is 76.3 Å². The van der Waals surface area contributed by atoms with Crippen LogP contribution in [0, 0.1) is 5.41 Å². The molecule has 1 N–H and O–H groups in total. The van der Waals surface area contributed by atoms with Crippen LogP contribution in [0.3, 0.4) is 0 Å². The molecule has 0 unspecified atom stereocenters. The summed E-state index contributed by atoms with van der Waals surface area (Å²) in [5, 5.41) is 2.48. The molecule has 204 valence electrons. The van der Waals surface area contributed by atoms with Crippen LogP contribution in [-0.2, 0) is 11.3 Å². The molecule has 0 saturated carbocycles. The number of rotatable bonds is 5. The normalized spacial score (nSPS) is 18.8. The van der Waals surface area contributed by atoms with E-state index in [1.807, 2.05) is 42.7 Å². The fourth-order valence-corrected chi connectivity index (χ4v) is 6.97. The number of aromatic amines is 1. The minimum Gasteiger partial charge on any atom is -0.378 e. The van der Waals surface area contributed by atoms with Crippen molar-refractivity contribution >= 4 is 51.1 Å². The predicted octanol–water partition coefficient (Wildman–Crippen LogP) is 5.31. The smallest absolute Gasteiger partial charge is 0.263 e. The molecular weight excluding hydrogens is 546 g/mol. The lowest BCUT2D eigenvalue weighted by Crippen LogP contribution is -2.41. The van der Waals surface area contributed by atoms with E-state index in [0.29, 0.717) is 39.0 Å². The Hall–Kier alpha value is -3.47. The van der Waals surface area contributed by atoms with Crippen molar-refractivity contribution < 1.29 is 4.74 Å². The molecule has 0 aliphatic carbocycles. The number of H-pyrrole nitrogens is 1. The van der Waals surface area contributed by atoms with Crippen molar-refractivity contribution in [1.29, 1.82) is 0 Å². The van der Waals surface area contributed by atoms with Crippen LogP contribution in [0.1, 0.15) is 31.9 Å². The second-order valence-electron chi connectivity index (χ2n) is 10.8. The first-order valence-corrected chi connectivity index (χ1v) is 14.6. The Morgan fingerprint density at radius 3 is 2.77 bits per heavy atom. The van der Waals surface area contributed by atoms with Crippen molar-refractivity contribution in [2.75, 3.05) is 24.6 Å². The first-order valence-electron chi connectivity index (χ1n) is 13.4. The molecule has 0 amide bonds. The number of anilines is 1. The van der Waals surface area contributed by atoms with Crippen LogP contribution in [0.25, 0.3) is 21.9 Å². The summed E-state index contributed by atoms with van der Waals surface area (Å²) in [6.45, 7) is 5.25. The van der Waals surface area contributed by atoms with Crippen LogP contribution in [0.5, 0.6) is 0 Å². The lowest BCUT2D eigenvalue weighted by atomic mass is 9.77. The van der Waals surface area contributed by atoms with Crippen molar-refractivity contribution in [2.45, 2.75) is 48.8 Å². The molecule has 4 aromatic heterocycles. The fraction of sp³-hybridized carbons (Fsp3) is 0.345. The number of nitrogens with one attached hydrogen (secondary N) is 1. The third-order valence-corrected chi connectivity index (χ3v) is 9.55. The number of benzene rings is 1. The molecule has 0 bridgehead atoms. The largest absolute Gasteiger partial charge is 0.378 e. The Balaban J connectivity index is 1.09. The van der Waals surface area contributed by atoms with E-state index >= 15 is 0 Å². The zero-order valence-corrected chi connectivity index (χ0v) is 23.6. The van der Waals surface area contributed by atoms with Crippen LogP contribution < -0.4 is 10.5 Å². The molecule has 40 heavy (non-hydrogen) atoms. The molecule has 7 rings (SSSR count). The number of pyridine rings is 1. The van der Waals surface area contributed by atoms with Gasteiger partial charge < -0.3 is 14.6 Å². The van der Waals surface area contributed by atoms with Crippen LogP contribution in [-0.4, -0.2) is 55.3 Å². The zero-order valence-electron chi connectivity index (χ0n) is 22.0. The number of fused-ring (bicyclic) bond motifs is 2. The van der Waals surface area contributed by atoms with E-state index in [1.54, 1.807) is 12.5 Å². The molecule has 2 aliphatic rings. The molecule has 2 aliphatic heterocycles. The quantitative estimate of drug-likeness (QED) is 0.302. The summed E-state index contributed by atoms with van der Waals surface area (Å²) in [4.78, 5) is 38.0. The molecule has 1 spiro atoms. The van der Waals surface area contributed by atoms with Crippen LogP contribution >= 0.6 is 23.4 Å². The van der Waals surface area contributed by atoms with E-state index in [1.165, 1.54) is 16.3 Å². The maximum absolute atomic E-state index is 13.5. The molecule has 1 atom stereocenters. The van der Waals surface area contributed by atoms with Gasteiger partial charge in [0.1, 0.15) is 16.5 Å². The van der Waals surface area contributed by atoms with Crippen LogP contribution in [0.15, 0.2) is 70.0 Å². The maximum Gasteiger partial charge on any atom is 0.263 e. The number of aromatic nitrogens is 6. The fourth-order valence-electron chi connectivity index (χ4n) is 5.85. The molecule has 11 heteroatoms. The van der Waals surface area contributed by atoms with E-state index in [9.17, 15) is 4.79 Å². The van der Waals surface area contributed by atoms with E-state index in [-0.39, 0.29) is 5.56 Å². The van der Waals surface area contributed by atoms with Gasteiger partial charge in [-0.05, 0) is 61.9 Å². The van der Waals surface area contributed by atoms with E-state index in [2.05, 4.69) is 31.8 Å². The van der Waals surface area contributed by atoms with Crippen LogP contribution in [0.2, 0.25) is 5.02 Å². The van der Waals surface area contributed by atoms with Crippen molar-refractivity contribution in [1.82, 2.24) is 29.5 Å². The highest BCUT2D eigenvalue weighted by Gasteiger charge is 2.41. The van der Waals surface area contributed by atoms with Gasteiger partial charge in [0.2, 0.25) is 0 Å². The van der Waals surface area contributed by atoms with Gasteiger partial charge in [0, 0.05) is 29.6 Å². The lowest BCUT2D eigenvalue weighted by Gasteiger charge is -2.38. The Kier molecular flexibility index (Phi) is 6.48. The molecular formula is C29H28ClN7O2S. The summed E-state index contributed by atoms with van der Waals surface area (Å²) >= 11 is 8.18. The standard InChI is InChI=1S/C29H28ClN7O2S/c1-18-12-29(16-39-18)7-10-36(11-8-29)23-13-33-24(14-32-23)40-22-5-4-21-25(26(22)30)28(38)37(17-34-21)15-20-3-2-19-6-9-31-27(19)35-20/h2-6,9,13-14,17-18H,7-8,10-12,15-16H2,1H3,(H,31,35)/t18-/m0/s1. The summed E-state index contributed by atoms with van der Waals surface area (Å²) in [6, 6.07) is 9.54. The first-order chi connectivity index (χ1) is 19.5. The lowest BCUT2D eigenvalue weighted by molar-refractivity contribution is 0.0976. The average molecular weight is 574 g/mol. The average Bonchev–Trinajstić information content (AvgIpc) is 3.58. The third-order valence-electron chi connectivity index (χ3n) is 8.07. The van der Waals surface area contributed by atoms with Crippen molar-refractivity contribution in [3.8, 4) is 0 Å². The van der Waals surface area contributed by atoms with Gasteiger partial charge in [-0.25, -0.2) is 19.9 Å². The number of nitrogens with zero attached hydrogens (tertiary/aromatic N) is 6. The summed E-state index contributed by atoms with van der Waals surface area (Å²) in [5.74, 6) is 0.883. The summed E-state index contributed by atoms with van der Waals surface area (Å²) < 4.78 is 7.40. The number of hydrogen-bond acceptors (Lipinski definition) is 8. The van der Waals surface area contributed by atoms with Crippen molar-refractivity contribution in [3.63, 3.8) is 0 Å². The minimum atomic E-state index is -0.211. The van der Waals surface area contributed by atoms with Gasteiger partial charge in [0.15, 0.2) is 0 Å². The van der Waals surface area contributed by atoms with Gasteiger partial charge in [-0.15, -0.1) is 0 Å². The Labute approximate surface area is 240 Å². The summed E-state index contributed by atoms with van der Waals surface area (Å²) in [5.41, 5.74) is 2.20. The zero-order chi connectivity index (χ0) is 27.3. The van der Waals surface area contributed by atoms with Crippen LogP contribution in [0.4, 0.5) is 5.82 Å². The topological polar surface area (TPSA) is 102 Å². The number of hydrogen-bond donors (Lipinski definition) is 1. The Morgan fingerprint density at radius 1 is 1.12 bits per heavy atom. The first kappa shape index (κ1) is 25.5. The molecule has 9 nitrogen and oxygen atoms in total. The van der Waals surface area contributed by atoms with Crippen molar-refractivity contribution in [2.24, 2.45) is 5.41 Å². The molecule has 2 fully saturated rings. The van der Waals surface area contributed by atoms with Gasteiger partial charge in [-0.2, -0.15) is 0 Å². The van der Waals surface area contributed by atoms with E-state index < -0.39 is 0 Å². The summed E-state index contributed by atoms with van der Waals surface area (Å²) in [6.07, 6.45) is 10.7. The Bertz CT molecular complexity index is 1760.